The van der Waals surface area contributed by atoms with Crippen molar-refractivity contribution in [2.75, 3.05) is 6.61 Å². The first-order chi connectivity index (χ1) is 7.41. The molecular formula is C10H8BrF3O2. The van der Waals surface area contributed by atoms with Crippen LogP contribution in [0.1, 0.15) is 11.1 Å². The number of hydrogen-bond donors (Lipinski definition) is 1. The van der Waals surface area contributed by atoms with E-state index in [4.69, 9.17) is 9.84 Å². The summed E-state index contributed by atoms with van der Waals surface area (Å²) in [6.07, 6.45) is -4.52. The lowest BCUT2D eigenvalue weighted by atomic mass is 10.1. The Morgan fingerprint density at radius 2 is 2.12 bits per heavy atom. The van der Waals surface area contributed by atoms with E-state index in [0.717, 1.165) is 12.1 Å². The molecular weight excluding hydrogens is 289 g/mol. The maximum Gasteiger partial charge on any atom is 0.416 e. The van der Waals surface area contributed by atoms with Crippen molar-refractivity contribution in [3.8, 4) is 5.75 Å². The number of ether oxygens (including phenoxy) is 1. The number of halogens is 4. The van der Waals surface area contributed by atoms with Crippen molar-refractivity contribution in [1.82, 2.24) is 0 Å². The van der Waals surface area contributed by atoms with E-state index < -0.39 is 17.8 Å². The smallest absolute Gasteiger partial charge is 0.416 e. The number of aliphatic hydroxyl groups excluding tert-OH is 1. The van der Waals surface area contributed by atoms with Gasteiger partial charge in [0.2, 0.25) is 0 Å². The lowest BCUT2D eigenvalue weighted by molar-refractivity contribution is -0.137. The topological polar surface area (TPSA) is 29.5 Å². The third kappa shape index (κ3) is 2.04. The summed E-state index contributed by atoms with van der Waals surface area (Å²) in [5, 5.41) is 8.90. The largest absolute Gasteiger partial charge is 0.486 e. The summed E-state index contributed by atoms with van der Waals surface area (Å²) >= 11 is 3.04. The summed E-state index contributed by atoms with van der Waals surface area (Å²) < 4.78 is 43.1. The van der Waals surface area contributed by atoms with Gasteiger partial charge in [-0.1, -0.05) is 0 Å². The Kier molecular flexibility index (Phi) is 2.88. The van der Waals surface area contributed by atoms with Crippen LogP contribution < -0.4 is 4.74 Å². The van der Waals surface area contributed by atoms with Crippen LogP contribution >= 0.6 is 15.9 Å². The molecule has 2 rings (SSSR count). The van der Waals surface area contributed by atoms with Gasteiger partial charge in [0.25, 0.3) is 0 Å². The fourth-order valence-corrected chi connectivity index (χ4v) is 2.25. The first kappa shape index (κ1) is 11.7. The minimum atomic E-state index is -4.37. The fraction of sp³-hybridized carbons (Fsp3) is 0.400. The Bertz CT molecular complexity index is 417. The summed E-state index contributed by atoms with van der Waals surface area (Å²) in [4.78, 5) is 0. The van der Waals surface area contributed by atoms with Crippen LogP contribution in [0.15, 0.2) is 16.6 Å². The minimum Gasteiger partial charge on any atom is -0.486 e. The molecule has 1 atom stereocenters. The molecule has 0 amide bonds. The summed E-state index contributed by atoms with van der Waals surface area (Å²) in [5.41, 5.74) is -0.235. The van der Waals surface area contributed by atoms with E-state index in [0.29, 0.717) is 17.7 Å². The number of benzene rings is 1. The van der Waals surface area contributed by atoms with Crippen LogP contribution in [0.2, 0.25) is 0 Å². The molecule has 0 saturated carbocycles. The first-order valence-corrected chi connectivity index (χ1v) is 5.38. The molecule has 16 heavy (non-hydrogen) atoms. The number of aliphatic hydroxyl groups is 1. The van der Waals surface area contributed by atoms with Crippen LogP contribution in [0.3, 0.4) is 0 Å². The number of hydrogen-bond acceptors (Lipinski definition) is 2. The highest BCUT2D eigenvalue weighted by molar-refractivity contribution is 9.10. The third-order valence-electron chi connectivity index (χ3n) is 2.38. The van der Waals surface area contributed by atoms with Crippen molar-refractivity contribution in [3.63, 3.8) is 0 Å². The maximum absolute atomic E-state index is 12.5. The van der Waals surface area contributed by atoms with Crippen molar-refractivity contribution < 1.29 is 23.0 Å². The maximum atomic E-state index is 12.5. The highest BCUT2D eigenvalue weighted by Crippen LogP contribution is 2.41. The van der Waals surface area contributed by atoms with E-state index in [2.05, 4.69) is 15.9 Å². The van der Waals surface area contributed by atoms with Crippen molar-refractivity contribution in [1.29, 1.82) is 0 Å². The molecule has 1 aromatic carbocycles. The van der Waals surface area contributed by atoms with Gasteiger partial charge in [-0.25, -0.2) is 0 Å². The van der Waals surface area contributed by atoms with Gasteiger partial charge < -0.3 is 9.84 Å². The molecule has 0 aromatic heterocycles. The van der Waals surface area contributed by atoms with Crippen molar-refractivity contribution >= 4 is 15.9 Å². The summed E-state index contributed by atoms with van der Waals surface area (Å²) in [7, 11) is 0. The minimum absolute atomic E-state index is 0.206. The van der Waals surface area contributed by atoms with Crippen molar-refractivity contribution in [2.45, 2.75) is 18.7 Å². The second-order valence-corrected chi connectivity index (χ2v) is 4.42. The average molecular weight is 297 g/mol. The highest BCUT2D eigenvalue weighted by atomic mass is 79.9. The van der Waals surface area contributed by atoms with Crippen molar-refractivity contribution in [2.24, 2.45) is 0 Å². The van der Waals surface area contributed by atoms with Gasteiger partial charge in [0.05, 0.1) is 16.6 Å². The van der Waals surface area contributed by atoms with E-state index >= 15 is 0 Å². The monoisotopic (exact) mass is 296 g/mol. The van der Waals surface area contributed by atoms with E-state index in [9.17, 15) is 13.2 Å². The quantitative estimate of drug-likeness (QED) is 0.863. The summed E-state index contributed by atoms with van der Waals surface area (Å²) in [5.74, 6) is 0.395. The zero-order chi connectivity index (χ0) is 11.9. The average Bonchev–Trinajstić information content (AvgIpc) is 2.59. The van der Waals surface area contributed by atoms with Crippen LogP contribution in [-0.4, -0.2) is 17.8 Å². The van der Waals surface area contributed by atoms with Crippen LogP contribution in [0.25, 0.3) is 0 Å². The SMILES string of the molecule is OCC1Cc2cc(C(F)(F)F)cc(Br)c2O1. The third-order valence-corrected chi connectivity index (χ3v) is 2.97. The van der Waals surface area contributed by atoms with Gasteiger partial charge in [-0.3, -0.25) is 0 Å². The van der Waals surface area contributed by atoms with E-state index in [1.165, 1.54) is 0 Å². The van der Waals surface area contributed by atoms with Crippen LogP contribution in [0, 0.1) is 0 Å². The Hall–Kier alpha value is -0.750. The zero-order valence-electron chi connectivity index (χ0n) is 8.01. The van der Waals surface area contributed by atoms with Gasteiger partial charge in [-0.2, -0.15) is 13.2 Å². The zero-order valence-corrected chi connectivity index (χ0v) is 9.60. The molecule has 0 spiro atoms. The fourth-order valence-electron chi connectivity index (χ4n) is 1.65. The van der Waals surface area contributed by atoms with Gasteiger partial charge in [0.15, 0.2) is 0 Å². The number of alkyl halides is 3. The molecule has 1 aromatic rings. The van der Waals surface area contributed by atoms with E-state index in [-0.39, 0.29) is 11.1 Å². The molecule has 2 nitrogen and oxygen atoms in total. The molecule has 0 fully saturated rings. The normalized spacial score (nSPS) is 19.4. The molecule has 88 valence electrons. The van der Waals surface area contributed by atoms with Crippen LogP contribution in [0.4, 0.5) is 13.2 Å². The first-order valence-electron chi connectivity index (χ1n) is 4.59. The molecule has 1 N–H and O–H groups in total. The molecule has 0 bridgehead atoms. The van der Waals surface area contributed by atoms with Gasteiger partial charge in [0, 0.05) is 6.42 Å². The predicted molar refractivity (Wildman–Crippen MR) is 54.3 cm³/mol. The lowest BCUT2D eigenvalue weighted by Crippen LogP contribution is -2.17. The number of fused-ring (bicyclic) bond motifs is 1. The van der Waals surface area contributed by atoms with Gasteiger partial charge in [-0.05, 0) is 33.6 Å². The molecule has 0 saturated heterocycles. The second-order valence-electron chi connectivity index (χ2n) is 3.57. The Labute approximate surface area is 98.2 Å². The van der Waals surface area contributed by atoms with E-state index in [1.807, 2.05) is 0 Å². The molecule has 1 aliphatic rings. The molecule has 1 unspecified atom stereocenters. The summed E-state index contributed by atoms with van der Waals surface area (Å²) in [6, 6.07) is 2.05. The van der Waals surface area contributed by atoms with E-state index in [1.54, 1.807) is 0 Å². The Morgan fingerprint density at radius 3 is 2.69 bits per heavy atom. The predicted octanol–water partition coefficient (Wildman–Crippen LogP) is 2.76. The standard InChI is InChI=1S/C10H8BrF3O2/c11-8-3-6(10(12,13)14)1-5-2-7(4-15)16-9(5)8/h1,3,7,15H,2,4H2. The second kappa shape index (κ2) is 3.92. The van der Waals surface area contributed by atoms with Crippen molar-refractivity contribution in [3.05, 3.63) is 27.7 Å². The molecule has 1 aliphatic heterocycles. The molecule has 1 heterocycles. The Morgan fingerprint density at radius 1 is 1.44 bits per heavy atom. The molecule has 0 radical (unpaired) electrons. The van der Waals surface area contributed by atoms with Crippen LogP contribution in [-0.2, 0) is 12.6 Å². The molecule has 6 heteroatoms. The highest BCUT2D eigenvalue weighted by Gasteiger charge is 2.34. The Balaban J connectivity index is 2.42. The number of rotatable bonds is 1. The van der Waals surface area contributed by atoms with Gasteiger partial charge >= 0.3 is 6.18 Å². The lowest BCUT2D eigenvalue weighted by Gasteiger charge is -2.10. The summed E-state index contributed by atoms with van der Waals surface area (Å²) in [6.45, 7) is -0.206. The van der Waals surface area contributed by atoms with Gasteiger partial charge in [0.1, 0.15) is 11.9 Å². The molecule has 0 aliphatic carbocycles. The van der Waals surface area contributed by atoms with Gasteiger partial charge in [-0.15, -0.1) is 0 Å². The van der Waals surface area contributed by atoms with Crippen LogP contribution in [0.5, 0.6) is 5.75 Å².